The van der Waals surface area contributed by atoms with Crippen molar-refractivity contribution in [1.82, 2.24) is 9.97 Å². The predicted molar refractivity (Wildman–Crippen MR) is 109 cm³/mol. The number of H-pyrrole nitrogens is 1. The Hall–Kier alpha value is -2.73. The molecule has 1 amide bonds. The van der Waals surface area contributed by atoms with E-state index in [4.69, 9.17) is 5.73 Å². The molecule has 0 radical (unpaired) electrons. The Morgan fingerprint density at radius 1 is 1.21 bits per heavy atom. The maximum Gasteiger partial charge on any atom is 0.227 e. The summed E-state index contributed by atoms with van der Waals surface area (Å²) in [6.45, 7) is 2.05. The number of hydrogen-bond donors (Lipinski definition) is 3. The number of rotatable bonds is 4. The van der Waals surface area contributed by atoms with Crippen LogP contribution < -0.4 is 11.1 Å². The van der Waals surface area contributed by atoms with E-state index in [1.54, 1.807) is 18.3 Å². The molecule has 2 aromatic heterocycles. The first-order valence-corrected chi connectivity index (χ1v) is 9.81. The van der Waals surface area contributed by atoms with E-state index in [-0.39, 0.29) is 23.7 Å². The first kappa shape index (κ1) is 18.6. The standard InChI is InChI=1S/C22H25FN4O/c1-13(24)14-2-4-16(5-3-14)22(28)27-19-10-11-25-21-18(19)12-20(26-21)15-6-8-17(23)9-7-15/h6-14,16H,2-5,24H2,1H3,(H2,25,26,27,28)/t13-,14-,16-/m0/s1. The van der Waals surface area contributed by atoms with Crippen molar-refractivity contribution in [1.29, 1.82) is 0 Å². The van der Waals surface area contributed by atoms with Crippen molar-refractivity contribution in [3.05, 3.63) is 48.4 Å². The number of halogens is 1. The largest absolute Gasteiger partial charge is 0.339 e. The highest BCUT2D eigenvalue weighted by Gasteiger charge is 2.28. The third-order valence-electron chi connectivity index (χ3n) is 5.83. The topological polar surface area (TPSA) is 83.8 Å². The Morgan fingerprint density at radius 2 is 1.93 bits per heavy atom. The molecule has 4 rings (SSSR count). The molecular weight excluding hydrogens is 355 g/mol. The first-order chi connectivity index (χ1) is 13.5. The number of fused-ring (bicyclic) bond motifs is 1. The third-order valence-corrected chi connectivity index (χ3v) is 5.83. The van der Waals surface area contributed by atoms with Crippen LogP contribution in [0.1, 0.15) is 32.6 Å². The van der Waals surface area contributed by atoms with E-state index >= 15 is 0 Å². The van der Waals surface area contributed by atoms with Gasteiger partial charge in [0.2, 0.25) is 5.91 Å². The van der Waals surface area contributed by atoms with Gasteiger partial charge in [0.05, 0.1) is 5.69 Å². The summed E-state index contributed by atoms with van der Waals surface area (Å²) in [6, 6.07) is 10.2. The summed E-state index contributed by atoms with van der Waals surface area (Å²) >= 11 is 0. The van der Waals surface area contributed by atoms with Crippen LogP contribution in [0.5, 0.6) is 0 Å². The monoisotopic (exact) mass is 380 g/mol. The van der Waals surface area contributed by atoms with E-state index in [2.05, 4.69) is 15.3 Å². The van der Waals surface area contributed by atoms with Crippen LogP contribution in [0.15, 0.2) is 42.6 Å². The van der Waals surface area contributed by atoms with Crippen molar-refractivity contribution in [3.63, 3.8) is 0 Å². The van der Waals surface area contributed by atoms with Crippen LogP contribution >= 0.6 is 0 Å². The van der Waals surface area contributed by atoms with Crippen molar-refractivity contribution < 1.29 is 9.18 Å². The second-order valence-electron chi connectivity index (χ2n) is 7.77. The Labute approximate surface area is 163 Å². The van der Waals surface area contributed by atoms with Crippen LogP contribution in [0.3, 0.4) is 0 Å². The van der Waals surface area contributed by atoms with Gasteiger partial charge >= 0.3 is 0 Å². The molecule has 2 heterocycles. The Morgan fingerprint density at radius 3 is 2.61 bits per heavy atom. The van der Waals surface area contributed by atoms with E-state index in [0.29, 0.717) is 11.6 Å². The van der Waals surface area contributed by atoms with Gasteiger partial charge in [-0.2, -0.15) is 0 Å². The second kappa shape index (κ2) is 7.72. The van der Waals surface area contributed by atoms with Gasteiger partial charge in [-0.25, -0.2) is 9.37 Å². The van der Waals surface area contributed by atoms with E-state index < -0.39 is 0 Å². The smallest absolute Gasteiger partial charge is 0.227 e. The molecule has 0 spiro atoms. The zero-order valence-electron chi connectivity index (χ0n) is 15.9. The lowest BCUT2D eigenvalue weighted by Gasteiger charge is -2.30. The number of nitrogens with two attached hydrogens (primary N) is 1. The third kappa shape index (κ3) is 3.78. The Kier molecular flexibility index (Phi) is 5.13. The lowest BCUT2D eigenvalue weighted by atomic mass is 9.79. The van der Waals surface area contributed by atoms with Gasteiger partial charge in [0.15, 0.2) is 0 Å². The molecule has 1 aromatic carbocycles. The summed E-state index contributed by atoms with van der Waals surface area (Å²) in [5, 5.41) is 3.93. The fourth-order valence-electron chi connectivity index (χ4n) is 4.06. The van der Waals surface area contributed by atoms with Crippen molar-refractivity contribution in [2.24, 2.45) is 17.6 Å². The molecule has 28 heavy (non-hydrogen) atoms. The van der Waals surface area contributed by atoms with Crippen molar-refractivity contribution in [3.8, 4) is 11.3 Å². The fourth-order valence-corrected chi connectivity index (χ4v) is 4.06. The number of anilines is 1. The van der Waals surface area contributed by atoms with Crippen molar-refractivity contribution >= 4 is 22.6 Å². The fraction of sp³-hybridized carbons (Fsp3) is 0.364. The number of carbonyl (C=O) groups excluding carboxylic acids is 1. The summed E-state index contributed by atoms with van der Waals surface area (Å²) in [5.41, 5.74) is 9.14. The number of aromatic amines is 1. The van der Waals surface area contributed by atoms with Gasteiger partial charge in [-0.3, -0.25) is 4.79 Å². The average molecular weight is 380 g/mol. The Balaban J connectivity index is 1.52. The van der Waals surface area contributed by atoms with E-state index in [9.17, 15) is 9.18 Å². The molecule has 3 aromatic rings. The quantitative estimate of drug-likeness (QED) is 0.625. The van der Waals surface area contributed by atoms with E-state index in [0.717, 1.165) is 48.0 Å². The van der Waals surface area contributed by atoms with Crippen LogP contribution in [-0.2, 0) is 4.79 Å². The number of carbonyl (C=O) groups is 1. The maximum atomic E-state index is 13.2. The number of amides is 1. The van der Waals surface area contributed by atoms with Gasteiger partial charge in [-0.1, -0.05) is 0 Å². The van der Waals surface area contributed by atoms with Gasteiger partial charge < -0.3 is 16.0 Å². The molecule has 1 atom stereocenters. The van der Waals surface area contributed by atoms with Crippen LogP contribution in [0.2, 0.25) is 0 Å². The highest BCUT2D eigenvalue weighted by atomic mass is 19.1. The lowest BCUT2D eigenvalue weighted by Crippen LogP contribution is -2.33. The molecular formula is C22H25FN4O. The Bertz CT molecular complexity index is 972. The molecule has 5 nitrogen and oxygen atoms in total. The molecule has 6 heteroatoms. The summed E-state index contributed by atoms with van der Waals surface area (Å²) in [4.78, 5) is 20.4. The van der Waals surface area contributed by atoms with E-state index in [1.807, 2.05) is 19.1 Å². The molecule has 146 valence electrons. The predicted octanol–water partition coefficient (Wildman–Crippen LogP) is 4.46. The molecule has 0 unspecified atom stereocenters. The zero-order chi connectivity index (χ0) is 19.7. The van der Waals surface area contributed by atoms with Gasteiger partial charge in [-0.05, 0) is 80.5 Å². The SMILES string of the molecule is C[C@H](N)[C@H]1CC[C@H](C(=O)Nc2ccnc3[nH]c(-c4ccc(F)cc4)cc23)CC1. The normalized spacial score (nSPS) is 20.8. The molecule has 0 bridgehead atoms. The average Bonchev–Trinajstić information content (AvgIpc) is 3.14. The first-order valence-electron chi connectivity index (χ1n) is 9.81. The minimum atomic E-state index is -0.273. The van der Waals surface area contributed by atoms with Crippen LogP contribution in [0.4, 0.5) is 10.1 Å². The van der Waals surface area contributed by atoms with E-state index in [1.165, 1.54) is 12.1 Å². The van der Waals surface area contributed by atoms with Crippen LogP contribution in [0, 0.1) is 17.7 Å². The van der Waals surface area contributed by atoms with Crippen molar-refractivity contribution in [2.75, 3.05) is 5.32 Å². The van der Waals surface area contributed by atoms with Gasteiger partial charge in [-0.15, -0.1) is 0 Å². The molecule has 1 saturated carbocycles. The molecule has 1 fully saturated rings. The molecule has 4 N–H and O–H groups in total. The highest BCUT2D eigenvalue weighted by molar-refractivity contribution is 6.02. The number of hydrogen-bond acceptors (Lipinski definition) is 3. The van der Waals surface area contributed by atoms with Gasteiger partial charge in [0.1, 0.15) is 11.5 Å². The second-order valence-corrected chi connectivity index (χ2v) is 7.77. The summed E-state index contributed by atoms with van der Waals surface area (Å²) in [6.07, 6.45) is 5.43. The van der Waals surface area contributed by atoms with Crippen LogP contribution in [-0.4, -0.2) is 21.9 Å². The van der Waals surface area contributed by atoms with Crippen LogP contribution in [0.25, 0.3) is 22.3 Å². The minimum absolute atomic E-state index is 0.0220. The summed E-state index contributed by atoms with van der Waals surface area (Å²) in [7, 11) is 0. The van der Waals surface area contributed by atoms with Crippen molar-refractivity contribution in [2.45, 2.75) is 38.6 Å². The molecule has 1 aliphatic carbocycles. The van der Waals surface area contributed by atoms with Gasteiger partial charge in [0.25, 0.3) is 0 Å². The molecule has 1 aliphatic rings. The lowest BCUT2D eigenvalue weighted by molar-refractivity contribution is -0.121. The zero-order valence-corrected chi connectivity index (χ0v) is 15.9. The maximum absolute atomic E-state index is 13.2. The number of nitrogens with zero attached hydrogens (tertiary/aromatic N) is 1. The molecule has 0 saturated heterocycles. The minimum Gasteiger partial charge on any atom is -0.339 e. The summed E-state index contributed by atoms with van der Waals surface area (Å²) in [5.74, 6) is 0.318. The number of pyridine rings is 1. The summed E-state index contributed by atoms with van der Waals surface area (Å²) < 4.78 is 13.2. The number of nitrogens with one attached hydrogen (secondary N) is 2. The highest BCUT2D eigenvalue weighted by Crippen LogP contribution is 2.32. The molecule has 0 aliphatic heterocycles. The number of benzene rings is 1. The van der Waals surface area contributed by atoms with Gasteiger partial charge in [0, 0.05) is 29.2 Å². The number of aromatic nitrogens is 2.